The molecule has 3 heterocycles. The minimum Gasteiger partial charge on any atom is -0.355 e. The van der Waals surface area contributed by atoms with E-state index in [1.165, 1.54) is 31.3 Å². The van der Waals surface area contributed by atoms with E-state index < -0.39 is 0 Å². The largest absolute Gasteiger partial charge is 0.355 e. The summed E-state index contributed by atoms with van der Waals surface area (Å²) in [5.41, 5.74) is 3.54. The lowest BCUT2D eigenvalue weighted by atomic mass is 10.0. The molecule has 0 atom stereocenters. The fourth-order valence-corrected chi connectivity index (χ4v) is 4.86. The Morgan fingerprint density at radius 3 is 2.77 bits per heavy atom. The molecule has 4 heteroatoms. The van der Waals surface area contributed by atoms with Gasteiger partial charge in [0, 0.05) is 43.8 Å². The van der Waals surface area contributed by atoms with E-state index in [9.17, 15) is 0 Å². The van der Waals surface area contributed by atoms with Gasteiger partial charge < -0.3 is 4.57 Å². The van der Waals surface area contributed by atoms with E-state index >= 15 is 0 Å². The Morgan fingerprint density at radius 2 is 1.92 bits per heavy atom. The number of fused-ring (bicyclic) bond motifs is 3. The summed E-state index contributed by atoms with van der Waals surface area (Å²) >= 11 is 1.86. The van der Waals surface area contributed by atoms with Crippen LogP contribution in [0.1, 0.15) is 5.56 Å². The van der Waals surface area contributed by atoms with E-state index in [2.05, 4.69) is 76.8 Å². The van der Waals surface area contributed by atoms with E-state index in [1.807, 2.05) is 29.8 Å². The number of benzene rings is 2. The molecule has 0 aliphatic carbocycles. The van der Waals surface area contributed by atoms with Crippen LogP contribution in [0.5, 0.6) is 0 Å². The van der Waals surface area contributed by atoms with Crippen molar-refractivity contribution in [3.8, 4) is 17.1 Å². The number of hydrogen-bond acceptors (Lipinski definition) is 2. The van der Waals surface area contributed by atoms with Gasteiger partial charge in [-0.1, -0.05) is 42.5 Å². The normalized spacial score (nSPS) is 11.5. The van der Waals surface area contributed by atoms with E-state index in [4.69, 9.17) is 0 Å². The average Bonchev–Trinajstić information content (AvgIpc) is 3.23. The zero-order valence-electron chi connectivity index (χ0n) is 14.6. The number of nitrogens with zero attached hydrogens (tertiary/aromatic N) is 3. The van der Waals surface area contributed by atoms with Gasteiger partial charge in [0.2, 0.25) is 0 Å². The molecule has 26 heavy (non-hydrogen) atoms. The maximum absolute atomic E-state index is 4.28. The van der Waals surface area contributed by atoms with Gasteiger partial charge in [0.15, 0.2) is 5.82 Å². The molecule has 0 aliphatic rings. The SMILES string of the molecule is Cc1ccc2c(sc3ccccc32)c1-c1n(C)c[c-][n+]1-c1cccnc1. The van der Waals surface area contributed by atoms with Crippen molar-refractivity contribution in [1.82, 2.24) is 9.55 Å². The summed E-state index contributed by atoms with van der Waals surface area (Å²) in [6.07, 6.45) is 9.01. The summed E-state index contributed by atoms with van der Waals surface area (Å²) in [5.74, 6) is 1.12. The molecule has 0 aliphatic heterocycles. The second kappa shape index (κ2) is 5.78. The highest BCUT2D eigenvalue weighted by atomic mass is 32.1. The topological polar surface area (TPSA) is 21.7 Å². The molecule has 0 unspecified atom stereocenters. The Bertz CT molecular complexity index is 1250. The summed E-state index contributed by atoms with van der Waals surface area (Å²) in [4.78, 5) is 4.28. The highest BCUT2D eigenvalue weighted by Crippen LogP contribution is 2.40. The Morgan fingerprint density at radius 1 is 1.04 bits per heavy atom. The van der Waals surface area contributed by atoms with Gasteiger partial charge in [0.1, 0.15) is 0 Å². The van der Waals surface area contributed by atoms with Crippen LogP contribution in [0.4, 0.5) is 0 Å². The highest BCUT2D eigenvalue weighted by Gasteiger charge is 2.18. The lowest BCUT2D eigenvalue weighted by molar-refractivity contribution is -0.587. The molecule has 0 saturated heterocycles. The zero-order valence-corrected chi connectivity index (χ0v) is 15.4. The van der Waals surface area contributed by atoms with Crippen molar-refractivity contribution in [2.75, 3.05) is 0 Å². The van der Waals surface area contributed by atoms with Gasteiger partial charge in [-0.05, 0) is 18.6 Å². The summed E-state index contributed by atoms with van der Waals surface area (Å²) in [7, 11) is 2.07. The van der Waals surface area contributed by atoms with Crippen LogP contribution in [0.2, 0.25) is 0 Å². The van der Waals surface area contributed by atoms with Gasteiger partial charge in [0.25, 0.3) is 0 Å². The van der Waals surface area contributed by atoms with Crippen molar-refractivity contribution in [1.29, 1.82) is 0 Å². The quantitative estimate of drug-likeness (QED) is 0.328. The maximum atomic E-state index is 4.28. The van der Waals surface area contributed by atoms with E-state index in [-0.39, 0.29) is 0 Å². The van der Waals surface area contributed by atoms with Crippen LogP contribution in [0.3, 0.4) is 0 Å². The van der Waals surface area contributed by atoms with Gasteiger partial charge in [-0.25, -0.2) is 0 Å². The third-order valence-corrected chi connectivity index (χ3v) is 6.01. The third-order valence-electron chi connectivity index (χ3n) is 4.81. The van der Waals surface area contributed by atoms with Crippen LogP contribution in [0.15, 0.2) is 67.1 Å². The molecular weight excluding hydrogens is 338 g/mol. The zero-order chi connectivity index (χ0) is 17.7. The van der Waals surface area contributed by atoms with E-state index in [0.717, 1.165) is 11.5 Å². The summed E-state index contributed by atoms with van der Waals surface area (Å²) in [6, 6.07) is 17.1. The molecule has 0 radical (unpaired) electrons. The number of thiophene rings is 1. The second-order valence-electron chi connectivity index (χ2n) is 6.47. The first kappa shape index (κ1) is 15.3. The van der Waals surface area contributed by atoms with Crippen molar-refractivity contribution in [2.45, 2.75) is 6.92 Å². The van der Waals surface area contributed by atoms with Gasteiger partial charge in [-0.3, -0.25) is 9.55 Å². The molecule has 0 amide bonds. The van der Waals surface area contributed by atoms with Crippen LogP contribution in [-0.2, 0) is 7.05 Å². The minimum absolute atomic E-state index is 1.01. The van der Waals surface area contributed by atoms with Crippen molar-refractivity contribution in [3.63, 3.8) is 0 Å². The molecule has 2 aromatic carbocycles. The molecular formula is C22H17N3S. The number of hydrogen-bond donors (Lipinski definition) is 0. The predicted molar refractivity (Wildman–Crippen MR) is 107 cm³/mol. The maximum Gasteiger partial charge on any atom is 0.187 e. The van der Waals surface area contributed by atoms with Crippen LogP contribution < -0.4 is 4.57 Å². The molecule has 3 nitrogen and oxygen atoms in total. The Kier molecular flexibility index (Phi) is 3.40. The molecule has 126 valence electrons. The lowest BCUT2D eigenvalue weighted by Crippen LogP contribution is -2.32. The summed E-state index contributed by atoms with van der Waals surface area (Å²) in [5, 5.41) is 2.63. The van der Waals surface area contributed by atoms with Crippen molar-refractivity contribution in [2.24, 2.45) is 7.05 Å². The number of aromatic nitrogens is 3. The monoisotopic (exact) mass is 355 g/mol. The second-order valence-corrected chi connectivity index (χ2v) is 7.52. The van der Waals surface area contributed by atoms with Gasteiger partial charge in [-0.2, -0.15) is 0 Å². The number of rotatable bonds is 2. The average molecular weight is 355 g/mol. The van der Waals surface area contributed by atoms with Crippen LogP contribution >= 0.6 is 11.3 Å². The third kappa shape index (κ3) is 2.19. The molecule has 0 spiro atoms. The van der Waals surface area contributed by atoms with Crippen LogP contribution in [0.25, 0.3) is 37.2 Å². The van der Waals surface area contributed by atoms with Gasteiger partial charge in [0.05, 0.1) is 19.4 Å². The van der Waals surface area contributed by atoms with Gasteiger partial charge in [-0.15, -0.1) is 11.3 Å². The molecule has 0 N–H and O–H groups in total. The molecule has 5 aromatic rings. The summed E-state index contributed by atoms with van der Waals surface area (Å²) < 4.78 is 6.87. The molecule has 0 fully saturated rings. The van der Waals surface area contributed by atoms with Crippen LogP contribution in [0, 0.1) is 13.1 Å². The fraction of sp³-hybridized carbons (Fsp3) is 0.0909. The van der Waals surface area contributed by atoms with E-state index in [1.54, 1.807) is 6.20 Å². The Hall–Kier alpha value is -2.98. The number of imidazole rings is 1. The molecule has 3 aromatic heterocycles. The predicted octanol–water partition coefficient (Wildman–Crippen LogP) is 4.84. The van der Waals surface area contributed by atoms with Crippen molar-refractivity contribution < 1.29 is 4.57 Å². The lowest BCUT2D eigenvalue weighted by Gasteiger charge is -2.14. The van der Waals surface area contributed by atoms with Gasteiger partial charge >= 0.3 is 0 Å². The first-order valence-electron chi connectivity index (χ1n) is 8.55. The van der Waals surface area contributed by atoms with Crippen LogP contribution in [-0.4, -0.2) is 9.55 Å². The number of aryl methyl sites for hydroxylation is 2. The summed E-state index contributed by atoms with van der Waals surface area (Å²) in [6.45, 7) is 2.18. The molecule has 0 bridgehead atoms. The number of pyridine rings is 1. The standard InChI is InChI=1S/C22H17N3S/c1-15-9-10-18-17-7-3-4-8-19(17)26-21(18)20(15)22-24(2)12-13-25(22)16-6-5-11-23-14-16/h3-12,14H,1-2H3. The Labute approximate surface area is 155 Å². The smallest absolute Gasteiger partial charge is 0.187 e. The first-order valence-corrected chi connectivity index (χ1v) is 9.36. The molecule has 5 rings (SSSR count). The van der Waals surface area contributed by atoms with Crippen molar-refractivity contribution in [3.05, 3.63) is 78.9 Å². The minimum atomic E-state index is 1.01. The Balaban J connectivity index is 1.89. The van der Waals surface area contributed by atoms with Crippen molar-refractivity contribution >= 4 is 31.5 Å². The first-order chi connectivity index (χ1) is 12.7. The van der Waals surface area contributed by atoms with E-state index in [0.29, 0.717) is 0 Å². The fourth-order valence-electron chi connectivity index (χ4n) is 3.56. The molecule has 0 saturated carbocycles. The highest BCUT2D eigenvalue weighted by molar-refractivity contribution is 7.26.